The Balaban J connectivity index is 1.86. The first kappa shape index (κ1) is 18.4. The molecule has 132 valence electrons. The van der Waals surface area contributed by atoms with E-state index in [1.807, 2.05) is 4.90 Å². The molecule has 1 aliphatic rings. The third-order valence-electron chi connectivity index (χ3n) is 4.24. The van der Waals surface area contributed by atoms with Gasteiger partial charge in [0.2, 0.25) is 11.8 Å². The van der Waals surface area contributed by atoms with Crippen molar-refractivity contribution in [3.63, 3.8) is 0 Å². The van der Waals surface area contributed by atoms with Gasteiger partial charge in [0.15, 0.2) is 9.84 Å². The minimum absolute atomic E-state index is 0.0737. The quantitative estimate of drug-likeness (QED) is 0.768. The topological polar surface area (TPSA) is 101 Å². The molecule has 2 rings (SSSR count). The Morgan fingerprint density at radius 1 is 1.21 bits per heavy atom. The molecule has 8 heteroatoms. The number of carbonyl (C=O) groups excluding carboxylic acids is 2. The molecule has 2 N–H and O–H groups in total. The molecule has 0 saturated carbocycles. The van der Waals surface area contributed by atoms with E-state index >= 15 is 0 Å². The smallest absolute Gasteiger partial charge is 0.236 e. The molecule has 0 bridgehead atoms. The second kappa shape index (κ2) is 7.76. The summed E-state index contributed by atoms with van der Waals surface area (Å²) in [6, 6.07) is 7.71. The van der Waals surface area contributed by atoms with Gasteiger partial charge in [-0.2, -0.15) is 0 Å². The van der Waals surface area contributed by atoms with Crippen molar-refractivity contribution in [2.45, 2.75) is 23.8 Å². The number of primary amides is 1. The molecule has 1 aromatic rings. The summed E-state index contributed by atoms with van der Waals surface area (Å²) in [5, 5.41) is 0. The van der Waals surface area contributed by atoms with Crippen LogP contribution in [-0.2, 0) is 19.4 Å². The third kappa shape index (κ3) is 4.55. The average Bonchev–Trinajstić information content (AvgIpc) is 2.55. The van der Waals surface area contributed by atoms with Crippen molar-refractivity contribution in [2.75, 3.05) is 32.4 Å². The molecule has 1 saturated heterocycles. The average molecular weight is 353 g/mol. The second-order valence-electron chi connectivity index (χ2n) is 5.97. The van der Waals surface area contributed by atoms with Gasteiger partial charge in [0, 0.05) is 26.1 Å². The van der Waals surface area contributed by atoms with Crippen molar-refractivity contribution in [1.82, 2.24) is 9.80 Å². The van der Waals surface area contributed by atoms with Gasteiger partial charge in [0.25, 0.3) is 0 Å². The zero-order valence-electron chi connectivity index (χ0n) is 13.7. The van der Waals surface area contributed by atoms with E-state index in [2.05, 4.69) is 0 Å². The highest BCUT2D eigenvalue weighted by atomic mass is 32.2. The fourth-order valence-electron chi connectivity index (χ4n) is 2.72. The van der Waals surface area contributed by atoms with E-state index in [-0.39, 0.29) is 35.9 Å². The maximum absolute atomic E-state index is 12.3. The third-order valence-corrected chi connectivity index (χ3v) is 6.05. The lowest BCUT2D eigenvalue weighted by atomic mass is 10.1. The highest BCUT2D eigenvalue weighted by Crippen LogP contribution is 2.14. The minimum atomic E-state index is -3.37. The number of amides is 2. The van der Waals surface area contributed by atoms with Gasteiger partial charge in [0.05, 0.1) is 10.6 Å². The summed E-state index contributed by atoms with van der Waals surface area (Å²) in [5.41, 5.74) is 5.34. The van der Waals surface area contributed by atoms with E-state index in [0.29, 0.717) is 13.1 Å². The summed E-state index contributed by atoms with van der Waals surface area (Å²) in [5.74, 6) is -0.672. The summed E-state index contributed by atoms with van der Waals surface area (Å²) in [6.07, 6.45) is 0.394. The van der Waals surface area contributed by atoms with Crippen LogP contribution in [0.1, 0.15) is 12.8 Å². The molecule has 1 aliphatic heterocycles. The largest absolute Gasteiger partial charge is 0.368 e. The number of likely N-dealkylation sites (N-methyl/N-ethyl adjacent to an activating group) is 1. The second-order valence-corrected chi connectivity index (χ2v) is 8.08. The van der Waals surface area contributed by atoms with Crippen LogP contribution in [0, 0.1) is 0 Å². The Hall–Kier alpha value is -1.93. The van der Waals surface area contributed by atoms with Crippen LogP contribution in [-0.4, -0.2) is 68.5 Å². The number of nitrogens with zero attached hydrogens (tertiary/aromatic N) is 2. The summed E-state index contributed by atoms with van der Waals surface area (Å²) < 4.78 is 24.4. The fraction of sp³-hybridized carbons (Fsp3) is 0.500. The number of benzene rings is 1. The summed E-state index contributed by atoms with van der Waals surface area (Å²) in [7, 11) is -1.58. The molecule has 0 aliphatic carbocycles. The predicted molar refractivity (Wildman–Crippen MR) is 89.9 cm³/mol. The molecule has 0 radical (unpaired) electrons. The standard InChI is InChI=1S/C16H23N3O4S/c1-18-9-10-19(12-14(18)16(17)21)15(20)8-5-11-24(22,23)13-6-3-2-4-7-13/h2-4,6-7,14H,5,8-12H2,1H3,(H2,17,21)/t14-/m0/s1. The van der Waals surface area contributed by atoms with Crippen molar-refractivity contribution >= 4 is 21.7 Å². The van der Waals surface area contributed by atoms with Crippen LogP contribution >= 0.6 is 0 Å². The van der Waals surface area contributed by atoms with E-state index in [9.17, 15) is 18.0 Å². The number of carbonyl (C=O) groups is 2. The molecule has 7 nitrogen and oxygen atoms in total. The normalized spacial score (nSPS) is 19.2. The molecule has 2 amide bonds. The summed E-state index contributed by atoms with van der Waals surface area (Å²) in [4.78, 5) is 27.3. The lowest BCUT2D eigenvalue weighted by Crippen LogP contribution is -2.57. The monoisotopic (exact) mass is 353 g/mol. The molecular weight excluding hydrogens is 330 g/mol. The SMILES string of the molecule is CN1CCN(C(=O)CCCS(=O)(=O)c2ccccc2)C[C@H]1C(N)=O. The van der Waals surface area contributed by atoms with Gasteiger partial charge in [-0.1, -0.05) is 18.2 Å². The van der Waals surface area contributed by atoms with Crippen molar-refractivity contribution in [3.05, 3.63) is 30.3 Å². The van der Waals surface area contributed by atoms with Crippen LogP contribution in [0.4, 0.5) is 0 Å². The molecular formula is C16H23N3O4S. The number of rotatable bonds is 6. The van der Waals surface area contributed by atoms with Crippen LogP contribution in [0.2, 0.25) is 0 Å². The van der Waals surface area contributed by atoms with Gasteiger partial charge in [-0.15, -0.1) is 0 Å². The van der Waals surface area contributed by atoms with Gasteiger partial charge in [-0.25, -0.2) is 8.42 Å². The van der Waals surface area contributed by atoms with Crippen LogP contribution in [0.5, 0.6) is 0 Å². The van der Waals surface area contributed by atoms with Crippen molar-refractivity contribution in [1.29, 1.82) is 0 Å². The van der Waals surface area contributed by atoms with Crippen LogP contribution < -0.4 is 5.73 Å². The fourth-order valence-corrected chi connectivity index (χ4v) is 4.06. The number of nitrogens with two attached hydrogens (primary N) is 1. The number of sulfone groups is 1. The Kier molecular flexibility index (Phi) is 5.95. The lowest BCUT2D eigenvalue weighted by Gasteiger charge is -2.37. The van der Waals surface area contributed by atoms with Crippen molar-refractivity contribution in [3.8, 4) is 0 Å². The Labute approximate surface area is 142 Å². The summed E-state index contributed by atoms with van der Waals surface area (Å²) in [6.45, 7) is 1.35. The zero-order valence-corrected chi connectivity index (χ0v) is 14.5. The van der Waals surface area contributed by atoms with Gasteiger partial charge >= 0.3 is 0 Å². The van der Waals surface area contributed by atoms with Crippen LogP contribution in [0.15, 0.2) is 35.2 Å². The van der Waals surface area contributed by atoms with E-state index in [4.69, 9.17) is 5.73 Å². The Bertz CT molecular complexity index is 691. The minimum Gasteiger partial charge on any atom is -0.368 e. The zero-order chi connectivity index (χ0) is 17.7. The van der Waals surface area contributed by atoms with Crippen molar-refractivity contribution in [2.24, 2.45) is 5.73 Å². The first-order chi connectivity index (χ1) is 11.3. The number of piperazine rings is 1. The van der Waals surface area contributed by atoms with E-state index in [1.165, 1.54) is 0 Å². The van der Waals surface area contributed by atoms with Gasteiger partial charge in [0.1, 0.15) is 6.04 Å². The highest BCUT2D eigenvalue weighted by Gasteiger charge is 2.30. The molecule has 1 aromatic carbocycles. The predicted octanol–water partition coefficient (Wildman–Crippen LogP) is -0.132. The molecule has 24 heavy (non-hydrogen) atoms. The van der Waals surface area contributed by atoms with Gasteiger partial charge in [-0.3, -0.25) is 14.5 Å². The first-order valence-electron chi connectivity index (χ1n) is 7.86. The number of hydrogen-bond acceptors (Lipinski definition) is 5. The van der Waals surface area contributed by atoms with Crippen LogP contribution in [0.3, 0.4) is 0 Å². The highest BCUT2D eigenvalue weighted by molar-refractivity contribution is 7.91. The van der Waals surface area contributed by atoms with Gasteiger partial charge < -0.3 is 10.6 Å². The van der Waals surface area contributed by atoms with E-state index < -0.39 is 21.8 Å². The molecule has 0 aromatic heterocycles. The molecule has 1 fully saturated rings. The van der Waals surface area contributed by atoms with Crippen LogP contribution in [0.25, 0.3) is 0 Å². The Morgan fingerprint density at radius 2 is 1.88 bits per heavy atom. The first-order valence-corrected chi connectivity index (χ1v) is 9.51. The van der Waals surface area contributed by atoms with Gasteiger partial charge in [-0.05, 0) is 25.6 Å². The molecule has 1 heterocycles. The Morgan fingerprint density at radius 3 is 2.50 bits per heavy atom. The lowest BCUT2D eigenvalue weighted by molar-refractivity contribution is -0.136. The molecule has 0 unspecified atom stereocenters. The van der Waals surface area contributed by atoms with E-state index in [0.717, 1.165) is 0 Å². The van der Waals surface area contributed by atoms with E-state index in [1.54, 1.807) is 42.3 Å². The maximum atomic E-state index is 12.3. The summed E-state index contributed by atoms with van der Waals surface area (Å²) >= 11 is 0. The van der Waals surface area contributed by atoms with Crippen molar-refractivity contribution < 1.29 is 18.0 Å². The number of hydrogen-bond donors (Lipinski definition) is 1. The maximum Gasteiger partial charge on any atom is 0.236 e. The molecule has 0 spiro atoms. The molecule has 1 atom stereocenters.